The molecule has 0 aliphatic carbocycles. The predicted molar refractivity (Wildman–Crippen MR) is 69.0 cm³/mol. The maximum atomic E-state index is 11.0. The quantitative estimate of drug-likeness (QED) is 0.815. The van der Waals surface area contributed by atoms with Gasteiger partial charge in [-0.05, 0) is 29.3 Å². The smallest absolute Gasteiger partial charge is 0.247 e. The highest BCUT2D eigenvalue weighted by Gasteiger charge is 2.15. The van der Waals surface area contributed by atoms with Crippen LogP contribution in [0.4, 0.5) is 0 Å². The van der Waals surface area contributed by atoms with E-state index in [1.807, 2.05) is 12.1 Å². The van der Waals surface area contributed by atoms with E-state index < -0.39 is 0 Å². The molecule has 0 bridgehead atoms. The topological polar surface area (TPSA) is 45.8 Å². The van der Waals surface area contributed by atoms with Crippen LogP contribution in [-0.4, -0.2) is 9.97 Å². The summed E-state index contributed by atoms with van der Waals surface area (Å²) in [6, 6.07) is 7.36. The van der Waals surface area contributed by atoms with E-state index in [1.165, 1.54) is 6.07 Å². The first kappa shape index (κ1) is 11.6. The Morgan fingerprint density at radius 2 is 1.88 bits per heavy atom. The van der Waals surface area contributed by atoms with Crippen LogP contribution in [0.3, 0.4) is 0 Å². The van der Waals surface area contributed by atoms with E-state index in [9.17, 15) is 4.79 Å². The molecule has 2 rings (SSSR count). The summed E-state index contributed by atoms with van der Waals surface area (Å²) in [4.78, 5) is 18.1. The normalized spacial score (nSPS) is 11.5. The second-order valence-corrected chi connectivity index (χ2v) is 5.12. The van der Waals surface area contributed by atoms with Crippen molar-refractivity contribution in [2.45, 2.75) is 26.2 Å². The van der Waals surface area contributed by atoms with Gasteiger partial charge in [0.1, 0.15) is 0 Å². The molecular formula is C14H16N2O. The van der Waals surface area contributed by atoms with Crippen molar-refractivity contribution in [2.24, 2.45) is 0 Å². The van der Waals surface area contributed by atoms with Gasteiger partial charge >= 0.3 is 0 Å². The van der Waals surface area contributed by atoms with Crippen molar-refractivity contribution in [2.75, 3.05) is 0 Å². The van der Waals surface area contributed by atoms with Crippen molar-refractivity contribution in [3.05, 3.63) is 52.7 Å². The Morgan fingerprint density at radius 1 is 1.12 bits per heavy atom. The van der Waals surface area contributed by atoms with Gasteiger partial charge in [0, 0.05) is 29.6 Å². The highest BCUT2D eigenvalue weighted by atomic mass is 16.1. The average molecular weight is 228 g/mol. The van der Waals surface area contributed by atoms with Gasteiger partial charge in [-0.3, -0.25) is 9.78 Å². The Morgan fingerprint density at radius 3 is 2.47 bits per heavy atom. The van der Waals surface area contributed by atoms with Crippen molar-refractivity contribution in [1.29, 1.82) is 0 Å². The molecule has 0 aliphatic rings. The van der Waals surface area contributed by atoms with Gasteiger partial charge < -0.3 is 4.98 Å². The minimum Gasteiger partial charge on any atom is -0.328 e. The number of hydrogen-bond donors (Lipinski definition) is 1. The highest BCUT2D eigenvalue weighted by Crippen LogP contribution is 2.24. The van der Waals surface area contributed by atoms with E-state index in [4.69, 9.17) is 0 Å². The van der Waals surface area contributed by atoms with Gasteiger partial charge in [-0.25, -0.2) is 0 Å². The number of aromatic amines is 1. The lowest BCUT2D eigenvalue weighted by Crippen LogP contribution is -2.13. The van der Waals surface area contributed by atoms with Gasteiger partial charge in [0.05, 0.1) is 0 Å². The van der Waals surface area contributed by atoms with Crippen molar-refractivity contribution < 1.29 is 0 Å². The zero-order chi connectivity index (χ0) is 12.5. The Balaban J connectivity index is 2.47. The summed E-state index contributed by atoms with van der Waals surface area (Å²) in [6.07, 6.45) is 3.53. The molecule has 0 aromatic carbocycles. The van der Waals surface area contributed by atoms with E-state index >= 15 is 0 Å². The Kier molecular flexibility index (Phi) is 2.84. The van der Waals surface area contributed by atoms with Crippen LogP contribution in [0, 0.1) is 0 Å². The lowest BCUT2D eigenvalue weighted by Gasteiger charge is -2.18. The minimum absolute atomic E-state index is 0.0260. The standard InChI is InChI=1S/C14H16N2O/c1-14(2,3)12-8-10(6-7-15-12)11-4-5-13(17)16-9-11/h4-9H,1-3H3,(H,16,17). The van der Waals surface area contributed by atoms with Crippen LogP contribution in [0.2, 0.25) is 0 Å². The zero-order valence-electron chi connectivity index (χ0n) is 10.3. The van der Waals surface area contributed by atoms with Crippen LogP contribution in [0.1, 0.15) is 26.5 Å². The summed E-state index contributed by atoms with van der Waals surface area (Å²) in [7, 11) is 0. The van der Waals surface area contributed by atoms with E-state index in [-0.39, 0.29) is 11.0 Å². The molecule has 0 radical (unpaired) electrons. The number of nitrogens with one attached hydrogen (secondary N) is 1. The third kappa shape index (κ3) is 2.61. The monoisotopic (exact) mass is 228 g/mol. The molecule has 88 valence electrons. The molecule has 17 heavy (non-hydrogen) atoms. The lowest BCUT2D eigenvalue weighted by molar-refractivity contribution is 0.569. The van der Waals surface area contributed by atoms with Crippen molar-refractivity contribution in [3.63, 3.8) is 0 Å². The predicted octanol–water partition coefficient (Wildman–Crippen LogP) is 2.73. The molecule has 3 nitrogen and oxygen atoms in total. The molecular weight excluding hydrogens is 212 g/mol. The highest BCUT2D eigenvalue weighted by molar-refractivity contribution is 5.62. The number of H-pyrrole nitrogens is 1. The van der Waals surface area contributed by atoms with Crippen LogP contribution in [0.15, 0.2) is 41.5 Å². The maximum absolute atomic E-state index is 11.0. The molecule has 2 heterocycles. The molecule has 0 amide bonds. The van der Waals surface area contributed by atoms with E-state index in [0.717, 1.165) is 16.8 Å². The Bertz CT molecular complexity index is 559. The fraction of sp³-hybridized carbons (Fsp3) is 0.286. The molecule has 0 unspecified atom stereocenters. The number of aromatic nitrogens is 2. The van der Waals surface area contributed by atoms with Crippen molar-refractivity contribution >= 4 is 0 Å². The molecule has 0 saturated carbocycles. The van der Waals surface area contributed by atoms with Gasteiger partial charge in [-0.15, -0.1) is 0 Å². The molecule has 2 aromatic heterocycles. The molecule has 1 N–H and O–H groups in total. The molecule has 0 spiro atoms. The average Bonchev–Trinajstić information content (AvgIpc) is 2.29. The first-order valence-electron chi connectivity index (χ1n) is 5.62. The van der Waals surface area contributed by atoms with Gasteiger partial charge in [-0.2, -0.15) is 0 Å². The SMILES string of the molecule is CC(C)(C)c1cc(-c2ccc(=O)[nH]c2)ccn1. The molecule has 3 heteroatoms. The molecule has 0 saturated heterocycles. The lowest BCUT2D eigenvalue weighted by atomic mass is 9.90. The summed E-state index contributed by atoms with van der Waals surface area (Å²) in [5.74, 6) is 0. The van der Waals surface area contributed by atoms with Crippen LogP contribution in [-0.2, 0) is 5.41 Å². The fourth-order valence-corrected chi connectivity index (χ4v) is 1.61. The van der Waals surface area contributed by atoms with Gasteiger partial charge in [0.15, 0.2) is 0 Å². The van der Waals surface area contributed by atoms with E-state index in [0.29, 0.717) is 0 Å². The molecule has 0 aliphatic heterocycles. The number of hydrogen-bond acceptors (Lipinski definition) is 2. The van der Waals surface area contributed by atoms with E-state index in [1.54, 1.807) is 12.4 Å². The second kappa shape index (κ2) is 4.17. The van der Waals surface area contributed by atoms with Crippen LogP contribution >= 0.6 is 0 Å². The third-order valence-corrected chi connectivity index (χ3v) is 2.65. The number of nitrogens with zero attached hydrogens (tertiary/aromatic N) is 1. The van der Waals surface area contributed by atoms with E-state index in [2.05, 4.69) is 36.8 Å². The Labute approximate surface area is 101 Å². The second-order valence-electron chi connectivity index (χ2n) is 5.12. The van der Waals surface area contributed by atoms with Crippen LogP contribution in [0.5, 0.6) is 0 Å². The van der Waals surface area contributed by atoms with Gasteiger partial charge in [0.2, 0.25) is 5.56 Å². The minimum atomic E-state index is -0.0844. The van der Waals surface area contributed by atoms with Gasteiger partial charge in [0.25, 0.3) is 0 Å². The number of rotatable bonds is 1. The zero-order valence-corrected chi connectivity index (χ0v) is 10.3. The maximum Gasteiger partial charge on any atom is 0.247 e. The largest absolute Gasteiger partial charge is 0.328 e. The molecule has 2 aromatic rings. The summed E-state index contributed by atoms with van der Waals surface area (Å²) in [6.45, 7) is 6.39. The molecule has 0 fully saturated rings. The van der Waals surface area contributed by atoms with Crippen molar-refractivity contribution in [1.82, 2.24) is 9.97 Å². The summed E-state index contributed by atoms with van der Waals surface area (Å²) < 4.78 is 0. The van der Waals surface area contributed by atoms with Crippen LogP contribution < -0.4 is 5.56 Å². The Hall–Kier alpha value is -1.90. The summed E-state index contributed by atoms with van der Waals surface area (Å²) in [5, 5.41) is 0. The van der Waals surface area contributed by atoms with Crippen molar-refractivity contribution in [3.8, 4) is 11.1 Å². The molecule has 0 atom stereocenters. The summed E-state index contributed by atoms with van der Waals surface area (Å²) >= 11 is 0. The van der Waals surface area contributed by atoms with Gasteiger partial charge in [-0.1, -0.05) is 20.8 Å². The first-order chi connectivity index (χ1) is 7.97. The third-order valence-electron chi connectivity index (χ3n) is 2.65. The number of pyridine rings is 2. The fourth-order valence-electron chi connectivity index (χ4n) is 1.61. The first-order valence-corrected chi connectivity index (χ1v) is 5.62. The summed E-state index contributed by atoms with van der Waals surface area (Å²) in [5.41, 5.74) is 3.05. The van der Waals surface area contributed by atoms with Crippen LogP contribution in [0.25, 0.3) is 11.1 Å².